The molecule has 0 aromatic rings. The van der Waals surface area contributed by atoms with Gasteiger partial charge >= 0.3 is 0 Å². The van der Waals surface area contributed by atoms with Gasteiger partial charge in [0.05, 0.1) is 6.10 Å². The van der Waals surface area contributed by atoms with Gasteiger partial charge in [-0.15, -0.1) is 0 Å². The molecule has 2 heteroatoms. The Bertz CT molecular complexity index is 155. The van der Waals surface area contributed by atoms with Gasteiger partial charge in [-0.3, -0.25) is 0 Å². The number of hydrogen-bond acceptors (Lipinski definition) is 1. The van der Waals surface area contributed by atoms with Crippen molar-refractivity contribution < 1.29 is 4.74 Å². The first kappa shape index (κ1) is 6.90. The Kier molecular flexibility index (Phi) is 1.27. The van der Waals surface area contributed by atoms with E-state index in [2.05, 4.69) is 15.9 Å². The van der Waals surface area contributed by atoms with Crippen LogP contribution in [0.4, 0.5) is 0 Å². The van der Waals surface area contributed by atoms with Crippen LogP contribution in [0, 0.1) is 11.8 Å². The lowest BCUT2D eigenvalue weighted by Crippen LogP contribution is -2.51. The molecule has 4 atom stereocenters. The van der Waals surface area contributed by atoms with Crippen LogP contribution in [0.25, 0.3) is 0 Å². The SMILES string of the molecule is Br[C@]12C[C@@H]3C[C@@H](C[C@H](C3)O1)C2. The Hall–Kier alpha value is 0.440. The van der Waals surface area contributed by atoms with E-state index < -0.39 is 0 Å². The maximum atomic E-state index is 5.93. The average Bonchev–Trinajstić information content (AvgIpc) is 1.79. The van der Waals surface area contributed by atoms with Gasteiger partial charge in [0.1, 0.15) is 4.51 Å². The molecule has 0 amide bonds. The first-order valence-electron chi connectivity index (χ1n) is 4.60. The summed E-state index contributed by atoms with van der Waals surface area (Å²) in [7, 11) is 0. The Labute approximate surface area is 75.6 Å². The predicted octanol–water partition coefficient (Wildman–Crippen LogP) is 2.69. The quantitative estimate of drug-likeness (QED) is 0.567. The number of hydrogen-bond donors (Lipinski definition) is 0. The smallest absolute Gasteiger partial charge is 0.123 e. The summed E-state index contributed by atoms with van der Waals surface area (Å²) in [5.74, 6) is 1.95. The van der Waals surface area contributed by atoms with Crippen molar-refractivity contribution in [3.8, 4) is 0 Å². The van der Waals surface area contributed by atoms with Gasteiger partial charge in [-0.2, -0.15) is 0 Å². The van der Waals surface area contributed by atoms with E-state index in [1.165, 1.54) is 32.1 Å². The van der Waals surface area contributed by atoms with Crippen LogP contribution < -0.4 is 0 Å². The highest BCUT2D eigenvalue weighted by atomic mass is 79.9. The number of rotatable bonds is 0. The maximum Gasteiger partial charge on any atom is 0.123 e. The van der Waals surface area contributed by atoms with Crippen LogP contribution in [0.5, 0.6) is 0 Å². The van der Waals surface area contributed by atoms with E-state index in [9.17, 15) is 0 Å². The zero-order valence-corrected chi connectivity index (χ0v) is 8.14. The molecule has 2 saturated heterocycles. The minimum atomic E-state index is 0.113. The molecule has 4 aliphatic rings. The van der Waals surface area contributed by atoms with Crippen LogP contribution in [-0.2, 0) is 4.74 Å². The van der Waals surface area contributed by atoms with E-state index in [1.54, 1.807) is 0 Å². The van der Waals surface area contributed by atoms with E-state index in [-0.39, 0.29) is 4.51 Å². The lowest BCUT2D eigenvalue weighted by atomic mass is 9.67. The lowest BCUT2D eigenvalue weighted by molar-refractivity contribution is -0.169. The Morgan fingerprint density at radius 3 is 2.18 bits per heavy atom. The fourth-order valence-corrected chi connectivity index (χ4v) is 4.45. The molecule has 0 unspecified atom stereocenters. The summed E-state index contributed by atoms with van der Waals surface area (Å²) in [4.78, 5) is 0. The Morgan fingerprint density at radius 1 is 1.09 bits per heavy atom. The summed E-state index contributed by atoms with van der Waals surface area (Å²) in [5, 5.41) is 0. The molecule has 0 radical (unpaired) electrons. The molecule has 4 bridgehead atoms. The van der Waals surface area contributed by atoms with Crippen molar-refractivity contribution in [1.82, 2.24) is 0 Å². The van der Waals surface area contributed by atoms with Gasteiger partial charge in [-0.25, -0.2) is 0 Å². The highest BCUT2D eigenvalue weighted by Crippen LogP contribution is 2.55. The standard InChI is InChI=1S/C9H13BrO/c10-9-4-6-1-7(5-9)3-8(2-6)11-9/h6-8H,1-5H2/t6-,7+,8+,9-. The molecular weight excluding hydrogens is 204 g/mol. The summed E-state index contributed by atoms with van der Waals surface area (Å²) < 4.78 is 6.04. The van der Waals surface area contributed by atoms with Crippen molar-refractivity contribution in [1.29, 1.82) is 0 Å². The number of halogens is 1. The molecule has 62 valence electrons. The minimum Gasteiger partial charge on any atom is -0.360 e. The first-order chi connectivity index (χ1) is 5.23. The molecule has 2 heterocycles. The topological polar surface area (TPSA) is 9.23 Å². The third-order valence-corrected chi connectivity index (χ3v) is 4.26. The van der Waals surface area contributed by atoms with Crippen molar-refractivity contribution in [3.05, 3.63) is 0 Å². The number of alkyl halides is 1. The lowest BCUT2D eigenvalue weighted by Gasteiger charge is -2.53. The third-order valence-electron chi connectivity index (χ3n) is 3.42. The van der Waals surface area contributed by atoms with Crippen LogP contribution in [-0.4, -0.2) is 10.6 Å². The largest absolute Gasteiger partial charge is 0.360 e. The van der Waals surface area contributed by atoms with Crippen LogP contribution >= 0.6 is 15.9 Å². The van der Waals surface area contributed by atoms with Crippen molar-refractivity contribution >= 4 is 15.9 Å². The molecule has 2 aliphatic heterocycles. The monoisotopic (exact) mass is 216 g/mol. The fourth-order valence-electron chi connectivity index (χ4n) is 3.27. The predicted molar refractivity (Wildman–Crippen MR) is 46.6 cm³/mol. The highest BCUT2D eigenvalue weighted by Gasteiger charge is 2.50. The Balaban J connectivity index is 1.94. The van der Waals surface area contributed by atoms with Gasteiger partial charge in [-0.1, -0.05) is 15.9 Å². The van der Waals surface area contributed by atoms with Crippen molar-refractivity contribution in [3.63, 3.8) is 0 Å². The van der Waals surface area contributed by atoms with Crippen LogP contribution in [0.3, 0.4) is 0 Å². The van der Waals surface area contributed by atoms with Gasteiger partial charge in [-0.05, 0) is 43.9 Å². The molecule has 1 nitrogen and oxygen atoms in total. The van der Waals surface area contributed by atoms with Crippen LogP contribution in [0.1, 0.15) is 32.1 Å². The van der Waals surface area contributed by atoms with E-state index >= 15 is 0 Å². The average molecular weight is 217 g/mol. The van der Waals surface area contributed by atoms with E-state index in [4.69, 9.17) is 4.74 Å². The molecule has 2 aliphatic carbocycles. The Morgan fingerprint density at radius 2 is 1.73 bits per heavy atom. The molecule has 11 heavy (non-hydrogen) atoms. The molecular formula is C9H13BrO. The van der Waals surface area contributed by atoms with Gasteiger partial charge in [0, 0.05) is 0 Å². The second-order valence-corrected chi connectivity index (χ2v) is 5.92. The molecule has 4 rings (SSSR count). The summed E-state index contributed by atoms with van der Waals surface area (Å²) >= 11 is 3.74. The fraction of sp³-hybridized carbons (Fsp3) is 1.00. The van der Waals surface area contributed by atoms with E-state index in [0.717, 1.165) is 11.8 Å². The van der Waals surface area contributed by atoms with Crippen LogP contribution in [0.2, 0.25) is 0 Å². The molecule has 0 aromatic carbocycles. The zero-order chi connectivity index (χ0) is 7.47. The van der Waals surface area contributed by atoms with Crippen LogP contribution in [0.15, 0.2) is 0 Å². The summed E-state index contributed by atoms with van der Waals surface area (Å²) in [5.41, 5.74) is 0. The summed E-state index contributed by atoms with van der Waals surface area (Å²) in [6.45, 7) is 0. The molecule has 4 fully saturated rings. The summed E-state index contributed by atoms with van der Waals surface area (Å²) in [6, 6.07) is 0. The van der Waals surface area contributed by atoms with Gasteiger partial charge in [0.15, 0.2) is 0 Å². The molecule has 0 aromatic heterocycles. The highest BCUT2D eigenvalue weighted by molar-refractivity contribution is 9.10. The van der Waals surface area contributed by atoms with Crippen molar-refractivity contribution in [2.75, 3.05) is 0 Å². The first-order valence-corrected chi connectivity index (χ1v) is 5.39. The van der Waals surface area contributed by atoms with Gasteiger partial charge in [0.2, 0.25) is 0 Å². The number of ether oxygens (including phenoxy) is 1. The second-order valence-electron chi connectivity index (χ2n) is 4.47. The van der Waals surface area contributed by atoms with Crippen molar-refractivity contribution in [2.24, 2.45) is 11.8 Å². The van der Waals surface area contributed by atoms with Gasteiger partial charge in [0.25, 0.3) is 0 Å². The second kappa shape index (κ2) is 2.02. The van der Waals surface area contributed by atoms with Crippen molar-refractivity contribution in [2.45, 2.75) is 42.7 Å². The third kappa shape index (κ3) is 0.988. The normalized spacial score (nSPS) is 60.3. The minimum absolute atomic E-state index is 0.113. The summed E-state index contributed by atoms with van der Waals surface area (Å²) in [6.07, 6.45) is 7.28. The maximum absolute atomic E-state index is 5.93. The van der Waals surface area contributed by atoms with Gasteiger partial charge < -0.3 is 4.74 Å². The molecule has 0 spiro atoms. The van der Waals surface area contributed by atoms with E-state index in [1.807, 2.05) is 0 Å². The van der Waals surface area contributed by atoms with E-state index in [0.29, 0.717) is 6.10 Å². The molecule has 2 saturated carbocycles. The zero-order valence-electron chi connectivity index (χ0n) is 6.55. The molecule has 0 N–H and O–H groups in total.